The molecule has 2 aliphatic heterocycles. The van der Waals surface area contributed by atoms with Gasteiger partial charge >= 0.3 is 0 Å². The van der Waals surface area contributed by atoms with Crippen molar-refractivity contribution < 1.29 is 4.74 Å². The largest absolute Gasteiger partial charge is 0.487 e. The van der Waals surface area contributed by atoms with E-state index >= 15 is 0 Å². The van der Waals surface area contributed by atoms with Crippen molar-refractivity contribution in [1.82, 2.24) is 19.9 Å². The summed E-state index contributed by atoms with van der Waals surface area (Å²) in [7, 11) is 0. The average molecular weight is 349 g/mol. The fourth-order valence-corrected chi connectivity index (χ4v) is 3.91. The highest BCUT2D eigenvalue weighted by Gasteiger charge is 2.33. The molecule has 1 N–H and O–H groups in total. The summed E-state index contributed by atoms with van der Waals surface area (Å²) in [5.41, 5.74) is 4.70. The van der Waals surface area contributed by atoms with Gasteiger partial charge in [-0.3, -0.25) is 0 Å². The molecule has 2 aromatic heterocycles. The summed E-state index contributed by atoms with van der Waals surface area (Å²) in [6.07, 6.45) is 4.02. The van der Waals surface area contributed by atoms with Gasteiger partial charge in [0.25, 0.3) is 0 Å². The van der Waals surface area contributed by atoms with Gasteiger partial charge in [0.1, 0.15) is 17.7 Å². The molecule has 1 aromatic carbocycles. The van der Waals surface area contributed by atoms with E-state index in [0.717, 1.165) is 50.4 Å². The van der Waals surface area contributed by atoms with Crippen molar-refractivity contribution in [3.8, 4) is 5.75 Å². The monoisotopic (exact) mass is 349 g/mol. The summed E-state index contributed by atoms with van der Waals surface area (Å²) in [5, 5.41) is 8.01. The molecular weight excluding hydrogens is 326 g/mol. The van der Waals surface area contributed by atoms with Gasteiger partial charge in [-0.1, -0.05) is 12.1 Å². The lowest BCUT2D eigenvalue weighted by Crippen LogP contribution is -2.55. The number of benzene rings is 1. The first-order valence-electron chi connectivity index (χ1n) is 9.32. The highest BCUT2D eigenvalue weighted by atomic mass is 16.5. The second-order valence-corrected chi connectivity index (χ2v) is 7.17. The molecule has 0 radical (unpaired) electrons. The van der Waals surface area contributed by atoms with Gasteiger partial charge in [-0.25, -0.2) is 4.98 Å². The molecule has 0 unspecified atom stereocenters. The number of aryl methyl sites for hydroxylation is 1. The Bertz CT molecular complexity index is 945. The third kappa shape index (κ3) is 2.70. The number of hydrogen-bond donors (Lipinski definition) is 1. The maximum absolute atomic E-state index is 6.15. The zero-order valence-electron chi connectivity index (χ0n) is 15.0. The Labute approximate surface area is 152 Å². The lowest BCUT2D eigenvalue weighted by Gasteiger charge is -2.41. The molecule has 0 spiro atoms. The molecule has 2 aliphatic rings. The SMILES string of the molecule is Cc1cccc(OC2CN(c3c4c(nc5ccnn35)CCNCC4)C2)c1. The van der Waals surface area contributed by atoms with Crippen LogP contribution in [0.4, 0.5) is 5.82 Å². The molecule has 0 aliphatic carbocycles. The van der Waals surface area contributed by atoms with Crippen molar-refractivity contribution in [2.24, 2.45) is 0 Å². The molecule has 0 atom stereocenters. The van der Waals surface area contributed by atoms with Crippen molar-refractivity contribution in [3.05, 3.63) is 53.3 Å². The number of ether oxygens (including phenoxy) is 1. The predicted octanol–water partition coefficient (Wildman–Crippen LogP) is 1.99. The van der Waals surface area contributed by atoms with E-state index in [0.29, 0.717) is 0 Å². The molecule has 1 fully saturated rings. The maximum atomic E-state index is 6.15. The van der Waals surface area contributed by atoms with Crippen LogP contribution in [-0.2, 0) is 12.8 Å². The number of nitrogens with zero attached hydrogens (tertiary/aromatic N) is 4. The van der Waals surface area contributed by atoms with Crippen LogP contribution in [0.25, 0.3) is 5.65 Å². The highest BCUT2D eigenvalue weighted by molar-refractivity contribution is 5.59. The summed E-state index contributed by atoms with van der Waals surface area (Å²) in [6, 6.07) is 10.3. The Morgan fingerprint density at radius 2 is 2.04 bits per heavy atom. The smallest absolute Gasteiger partial charge is 0.157 e. The molecule has 4 heterocycles. The highest BCUT2D eigenvalue weighted by Crippen LogP contribution is 2.30. The average Bonchev–Trinajstić information content (AvgIpc) is 2.93. The van der Waals surface area contributed by atoms with E-state index in [4.69, 9.17) is 9.72 Å². The van der Waals surface area contributed by atoms with E-state index in [1.807, 2.05) is 28.9 Å². The first-order chi connectivity index (χ1) is 12.8. The molecule has 0 saturated carbocycles. The van der Waals surface area contributed by atoms with Gasteiger partial charge in [0.05, 0.1) is 25.0 Å². The minimum atomic E-state index is 0.218. The van der Waals surface area contributed by atoms with Crippen molar-refractivity contribution >= 4 is 11.5 Å². The van der Waals surface area contributed by atoms with Crippen LogP contribution in [0.15, 0.2) is 36.5 Å². The zero-order chi connectivity index (χ0) is 17.5. The second-order valence-electron chi connectivity index (χ2n) is 7.17. The first kappa shape index (κ1) is 15.6. The Kier molecular flexibility index (Phi) is 3.78. The molecule has 5 rings (SSSR count). The van der Waals surface area contributed by atoms with Gasteiger partial charge in [-0.05, 0) is 37.6 Å². The van der Waals surface area contributed by atoms with E-state index in [-0.39, 0.29) is 6.10 Å². The number of aromatic nitrogens is 3. The van der Waals surface area contributed by atoms with E-state index in [9.17, 15) is 0 Å². The molecule has 0 bridgehead atoms. The summed E-state index contributed by atoms with van der Waals surface area (Å²) in [5.74, 6) is 2.15. The molecular formula is C20H23N5O. The predicted molar refractivity (Wildman–Crippen MR) is 101 cm³/mol. The maximum Gasteiger partial charge on any atom is 0.157 e. The van der Waals surface area contributed by atoms with Gasteiger partial charge in [0.15, 0.2) is 5.65 Å². The minimum Gasteiger partial charge on any atom is -0.487 e. The van der Waals surface area contributed by atoms with Crippen LogP contribution in [-0.4, -0.2) is 46.9 Å². The second kappa shape index (κ2) is 6.29. The Balaban J connectivity index is 1.41. The first-order valence-corrected chi connectivity index (χ1v) is 9.32. The van der Waals surface area contributed by atoms with Crippen LogP contribution < -0.4 is 15.0 Å². The third-order valence-electron chi connectivity index (χ3n) is 5.22. The van der Waals surface area contributed by atoms with E-state index in [2.05, 4.69) is 34.4 Å². The van der Waals surface area contributed by atoms with Crippen LogP contribution >= 0.6 is 0 Å². The van der Waals surface area contributed by atoms with Gasteiger partial charge in [0.2, 0.25) is 0 Å². The van der Waals surface area contributed by atoms with Crippen molar-refractivity contribution in [3.63, 3.8) is 0 Å². The van der Waals surface area contributed by atoms with E-state index < -0.39 is 0 Å². The topological polar surface area (TPSA) is 54.7 Å². The van der Waals surface area contributed by atoms with Crippen LogP contribution in [0.5, 0.6) is 5.75 Å². The summed E-state index contributed by atoms with van der Waals surface area (Å²) >= 11 is 0. The van der Waals surface area contributed by atoms with Crippen LogP contribution in [0.1, 0.15) is 16.8 Å². The van der Waals surface area contributed by atoms with Crippen molar-refractivity contribution in [2.45, 2.75) is 25.9 Å². The fourth-order valence-electron chi connectivity index (χ4n) is 3.91. The van der Waals surface area contributed by atoms with E-state index in [1.54, 1.807) is 0 Å². The Hall–Kier alpha value is -2.60. The van der Waals surface area contributed by atoms with E-state index in [1.165, 1.54) is 22.6 Å². The molecule has 1 saturated heterocycles. The summed E-state index contributed by atoms with van der Waals surface area (Å²) in [4.78, 5) is 7.22. The zero-order valence-corrected chi connectivity index (χ0v) is 15.0. The molecule has 3 aromatic rings. The summed E-state index contributed by atoms with van der Waals surface area (Å²) in [6.45, 7) is 5.84. The van der Waals surface area contributed by atoms with Gasteiger partial charge < -0.3 is 15.0 Å². The van der Waals surface area contributed by atoms with Crippen LogP contribution in [0, 0.1) is 6.92 Å². The lowest BCUT2D eigenvalue weighted by atomic mass is 10.1. The third-order valence-corrected chi connectivity index (χ3v) is 5.22. The van der Waals surface area contributed by atoms with Crippen molar-refractivity contribution in [1.29, 1.82) is 0 Å². The van der Waals surface area contributed by atoms with Crippen molar-refractivity contribution in [2.75, 3.05) is 31.1 Å². The minimum absolute atomic E-state index is 0.218. The van der Waals surface area contributed by atoms with Crippen LogP contribution in [0.3, 0.4) is 0 Å². The summed E-state index contributed by atoms with van der Waals surface area (Å²) < 4.78 is 8.14. The standard InChI is InChI=1S/C20H23N5O/c1-14-3-2-4-15(11-14)26-16-12-24(13-16)20-17-5-8-21-9-6-18(17)23-19-7-10-22-25(19)20/h2-4,7,10-11,16,21H,5-6,8-9,12-13H2,1H3. The Morgan fingerprint density at radius 1 is 1.15 bits per heavy atom. The Morgan fingerprint density at radius 3 is 2.92 bits per heavy atom. The molecule has 6 nitrogen and oxygen atoms in total. The molecule has 26 heavy (non-hydrogen) atoms. The quantitative estimate of drug-likeness (QED) is 0.784. The lowest BCUT2D eigenvalue weighted by molar-refractivity contribution is 0.166. The number of hydrogen-bond acceptors (Lipinski definition) is 5. The van der Waals surface area contributed by atoms with Crippen LogP contribution in [0.2, 0.25) is 0 Å². The van der Waals surface area contributed by atoms with Gasteiger partial charge in [-0.2, -0.15) is 9.61 Å². The normalized spacial score (nSPS) is 17.7. The number of anilines is 1. The number of nitrogens with one attached hydrogen (secondary N) is 1. The fraction of sp³-hybridized carbons (Fsp3) is 0.400. The number of fused-ring (bicyclic) bond motifs is 2. The molecule has 0 amide bonds. The van der Waals surface area contributed by atoms with Gasteiger partial charge in [0, 0.05) is 24.6 Å². The van der Waals surface area contributed by atoms with Gasteiger partial charge in [-0.15, -0.1) is 0 Å². The number of rotatable bonds is 3. The molecule has 134 valence electrons. The molecule has 6 heteroatoms.